The molecule has 1 aliphatic rings. The van der Waals surface area contributed by atoms with Crippen LogP contribution in [-0.4, -0.2) is 42.9 Å². The van der Waals surface area contributed by atoms with Gasteiger partial charge in [-0.25, -0.2) is 0 Å². The van der Waals surface area contributed by atoms with Crippen molar-refractivity contribution in [2.45, 2.75) is 25.0 Å². The molecule has 0 aliphatic carbocycles. The highest BCUT2D eigenvalue weighted by Gasteiger charge is 2.26. The third-order valence-corrected chi connectivity index (χ3v) is 3.77. The second-order valence-corrected chi connectivity index (χ2v) is 5.25. The fourth-order valence-electron chi connectivity index (χ4n) is 2.53. The van der Waals surface area contributed by atoms with Gasteiger partial charge in [0.1, 0.15) is 0 Å². The number of nitrogens with zero attached hydrogens (tertiary/aromatic N) is 1. The van der Waals surface area contributed by atoms with Crippen molar-refractivity contribution in [2.24, 2.45) is 0 Å². The molecule has 4 heteroatoms. The van der Waals surface area contributed by atoms with E-state index in [4.69, 9.17) is 16.3 Å². The quantitative estimate of drug-likeness (QED) is 0.891. The van der Waals surface area contributed by atoms with Crippen LogP contribution in [0.2, 0.25) is 5.02 Å². The zero-order valence-corrected chi connectivity index (χ0v) is 11.4. The number of methoxy groups -OCH3 is 1. The van der Waals surface area contributed by atoms with Gasteiger partial charge in [0.15, 0.2) is 0 Å². The van der Waals surface area contributed by atoms with Crippen LogP contribution < -0.4 is 0 Å². The Labute approximate surface area is 113 Å². The SMILES string of the molecule is COCC1CCCN1CC(O)c1ccc(Cl)cc1. The highest BCUT2D eigenvalue weighted by molar-refractivity contribution is 6.30. The number of rotatable bonds is 5. The van der Waals surface area contributed by atoms with Crippen LogP contribution in [-0.2, 0) is 4.74 Å². The van der Waals surface area contributed by atoms with Gasteiger partial charge in [0.2, 0.25) is 0 Å². The van der Waals surface area contributed by atoms with Crippen molar-refractivity contribution in [1.82, 2.24) is 4.90 Å². The fourth-order valence-corrected chi connectivity index (χ4v) is 2.66. The maximum atomic E-state index is 10.2. The van der Waals surface area contributed by atoms with Crippen molar-refractivity contribution in [1.29, 1.82) is 0 Å². The van der Waals surface area contributed by atoms with Gasteiger partial charge in [-0.15, -0.1) is 0 Å². The zero-order chi connectivity index (χ0) is 13.0. The standard InChI is InChI=1S/C14H20ClNO2/c1-18-10-13-3-2-8-16(13)9-14(17)11-4-6-12(15)7-5-11/h4-7,13-14,17H,2-3,8-10H2,1H3. The molecule has 100 valence electrons. The number of halogens is 1. The predicted octanol–water partition coefficient (Wildman–Crippen LogP) is 2.48. The number of hydrogen-bond donors (Lipinski definition) is 1. The predicted molar refractivity (Wildman–Crippen MR) is 72.9 cm³/mol. The second-order valence-electron chi connectivity index (χ2n) is 4.81. The van der Waals surface area contributed by atoms with Gasteiger partial charge < -0.3 is 9.84 Å². The summed E-state index contributed by atoms with van der Waals surface area (Å²) in [6.45, 7) is 2.45. The third kappa shape index (κ3) is 3.45. The molecule has 1 saturated heterocycles. The average molecular weight is 270 g/mol. The van der Waals surface area contributed by atoms with E-state index in [0.29, 0.717) is 17.6 Å². The van der Waals surface area contributed by atoms with Gasteiger partial charge in [-0.3, -0.25) is 4.90 Å². The van der Waals surface area contributed by atoms with Crippen molar-refractivity contribution < 1.29 is 9.84 Å². The Morgan fingerprint density at radius 2 is 2.17 bits per heavy atom. The van der Waals surface area contributed by atoms with Crippen molar-refractivity contribution in [2.75, 3.05) is 26.8 Å². The molecule has 1 aliphatic heterocycles. The smallest absolute Gasteiger partial charge is 0.0917 e. The molecule has 0 saturated carbocycles. The van der Waals surface area contributed by atoms with Crippen molar-refractivity contribution in [3.63, 3.8) is 0 Å². The van der Waals surface area contributed by atoms with Crippen LogP contribution in [0.1, 0.15) is 24.5 Å². The van der Waals surface area contributed by atoms with Crippen LogP contribution in [0.15, 0.2) is 24.3 Å². The lowest BCUT2D eigenvalue weighted by Crippen LogP contribution is -2.36. The van der Waals surface area contributed by atoms with Crippen LogP contribution in [0.4, 0.5) is 0 Å². The van der Waals surface area contributed by atoms with E-state index < -0.39 is 6.10 Å². The van der Waals surface area contributed by atoms with Gasteiger partial charge in [0, 0.05) is 24.7 Å². The largest absolute Gasteiger partial charge is 0.387 e. The first kappa shape index (κ1) is 13.8. The maximum absolute atomic E-state index is 10.2. The molecule has 2 unspecified atom stereocenters. The lowest BCUT2D eigenvalue weighted by molar-refractivity contribution is 0.0703. The molecule has 1 fully saturated rings. The van der Waals surface area contributed by atoms with E-state index in [1.807, 2.05) is 24.3 Å². The molecule has 3 nitrogen and oxygen atoms in total. The Bertz CT molecular complexity index is 369. The highest BCUT2D eigenvalue weighted by atomic mass is 35.5. The Kier molecular flexibility index (Phi) is 5.01. The highest BCUT2D eigenvalue weighted by Crippen LogP contribution is 2.23. The van der Waals surface area contributed by atoms with E-state index in [-0.39, 0.29) is 0 Å². The topological polar surface area (TPSA) is 32.7 Å². The lowest BCUT2D eigenvalue weighted by Gasteiger charge is -2.26. The van der Waals surface area contributed by atoms with Crippen molar-refractivity contribution in [3.8, 4) is 0 Å². The molecule has 2 rings (SSSR count). The summed E-state index contributed by atoms with van der Waals surface area (Å²) in [5.41, 5.74) is 0.919. The minimum absolute atomic E-state index is 0.442. The van der Waals surface area contributed by atoms with Gasteiger partial charge in [0.25, 0.3) is 0 Å². The minimum Gasteiger partial charge on any atom is -0.387 e. The lowest BCUT2D eigenvalue weighted by atomic mass is 10.1. The molecule has 18 heavy (non-hydrogen) atoms. The molecule has 0 spiro atoms. The summed E-state index contributed by atoms with van der Waals surface area (Å²) >= 11 is 5.84. The van der Waals surface area contributed by atoms with Crippen LogP contribution in [0.25, 0.3) is 0 Å². The monoisotopic (exact) mass is 269 g/mol. The summed E-state index contributed by atoms with van der Waals surface area (Å²) in [7, 11) is 1.73. The van der Waals surface area contributed by atoms with E-state index in [9.17, 15) is 5.11 Å². The summed E-state index contributed by atoms with van der Waals surface area (Å²) in [5, 5.41) is 10.9. The van der Waals surface area contributed by atoms with E-state index >= 15 is 0 Å². The van der Waals surface area contributed by atoms with Crippen LogP contribution >= 0.6 is 11.6 Å². The van der Waals surface area contributed by atoms with Gasteiger partial charge in [-0.1, -0.05) is 23.7 Å². The summed E-state index contributed by atoms with van der Waals surface area (Å²) < 4.78 is 5.22. The fraction of sp³-hybridized carbons (Fsp3) is 0.571. The van der Waals surface area contributed by atoms with Crippen LogP contribution in [0, 0.1) is 0 Å². The number of aliphatic hydroxyl groups is 1. The number of benzene rings is 1. The van der Waals surface area contributed by atoms with Gasteiger partial charge >= 0.3 is 0 Å². The molecule has 0 bridgehead atoms. The molecule has 1 N–H and O–H groups in total. The summed E-state index contributed by atoms with van der Waals surface area (Å²) in [5.74, 6) is 0. The van der Waals surface area contributed by atoms with E-state index in [1.165, 1.54) is 6.42 Å². The molecule has 1 aromatic carbocycles. The maximum Gasteiger partial charge on any atom is 0.0917 e. The number of aliphatic hydroxyl groups excluding tert-OH is 1. The Morgan fingerprint density at radius 1 is 1.44 bits per heavy atom. The Balaban J connectivity index is 1.94. The molecule has 1 heterocycles. The zero-order valence-electron chi connectivity index (χ0n) is 10.7. The second kappa shape index (κ2) is 6.53. The van der Waals surface area contributed by atoms with Crippen LogP contribution in [0.3, 0.4) is 0 Å². The van der Waals surface area contributed by atoms with Crippen molar-refractivity contribution >= 4 is 11.6 Å². The van der Waals surface area contributed by atoms with E-state index in [2.05, 4.69) is 4.90 Å². The van der Waals surface area contributed by atoms with Crippen molar-refractivity contribution in [3.05, 3.63) is 34.9 Å². The molecule has 2 atom stereocenters. The summed E-state index contributed by atoms with van der Waals surface area (Å²) in [6, 6.07) is 7.84. The Hall–Kier alpha value is -0.610. The molecular weight excluding hydrogens is 250 g/mol. The molecule has 0 aromatic heterocycles. The van der Waals surface area contributed by atoms with Gasteiger partial charge in [-0.2, -0.15) is 0 Å². The first-order valence-corrected chi connectivity index (χ1v) is 6.75. The number of ether oxygens (including phenoxy) is 1. The molecule has 0 amide bonds. The molecule has 0 radical (unpaired) electrons. The van der Waals surface area contributed by atoms with Gasteiger partial charge in [0.05, 0.1) is 12.7 Å². The third-order valence-electron chi connectivity index (χ3n) is 3.52. The summed E-state index contributed by atoms with van der Waals surface area (Å²) in [4.78, 5) is 2.31. The number of hydrogen-bond acceptors (Lipinski definition) is 3. The first-order chi connectivity index (χ1) is 8.70. The normalized spacial score (nSPS) is 22.3. The van der Waals surface area contributed by atoms with Crippen LogP contribution in [0.5, 0.6) is 0 Å². The minimum atomic E-state index is -0.459. The number of β-amino-alcohol motifs (C(OH)–C–C–N with tert-alkyl or cyclic N) is 1. The molecule has 1 aromatic rings. The van der Waals surface area contributed by atoms with E-state index in [1.54, 1.807) is 7.11 Å². The van der Waals surface area contributed by atoms with E-state index in [0.717, 1.165) is 25.1 Å². The number of likely N-dealkylation sites (tertiary alicyclic amines) is 1. The average Bonchev–Trinajstić information content (AvgIpc) is 2.78. The first-order valence-electron chi connectivity index (χ1n) is 6.37. The summed E-state index contributed by atoms with van der Waals surface area (Å²) in [6.07, 6.45) is 1.88. The Morgan fingerprint density at radius 3 is 2.83 bits per heavy atom. The molecular formula is C14H20ClNO2. The van der Waals surface area contributed by atoms with Gasteiger partial charge in [-0.05, 0) is 37.1 Å².